The lowest BCUT2D eigenvalue weighted by Crippen LogP contribution is -2.00. The minimum absolute atomic E-state index is 0.611. The van der Waals surface area contributed by atoms with Gasteiger partial charge in [0, 0.05) is 27.5 Å². The van der Waals surface area contributed by atoms with Gasteiger partial charge in [-0.25, -0.2) is 15.0 Å². The molecular formula is C42H31N3O. The van der Waals surface area contributed by atoms with Crippen LogP contribution in [0.3, 0.4) is 0 Å². The van der Waals surface area contributed by atoms with Crippen LogP contribution in [0, 0.1) is 20.8 Å². The highest BCUT2D eigenvalue weighted by molar-refractivity contribution is 6.13. The van der Waals surface area contributed by atoms with Gasteiger partial charge in [-0.1, -0.05) is 109 Å². The second-order valence-corrected chi connectivity index (χ2v) is 11.8. The molecule has 0 saturated carbocycles. The molecule has 4 nitrogen and oxygen atoms in total. The number of aromatic nitrogens is 3. The van der Waals surface area contributed by atoms with Crippen molar-refractivity contribution in [3.63, 3.8) is 0 Å². The lowest BCUT2D eigenvalue weighted by Gasteiger charge is -2.13. The zero-order valence-electron chi connectivity index (χ0n) is 26.0. The number of hydrogen-bond acceptors (Lipinski definition) is 4. The lowest BCUT2D eigenvalue weighted by molar-refractivity contribution is 0.668. The molecule has 0 atom stereocenters. The molecule has 220 valence electrons. The Morgan fingerprint density at radius 1 is 0.391 bits per heavy atom. The van der Waals surface area contributed by atoms with E-state index in [1.807, 2.05) is 72.8 Å². The first-order valence-electron chi connectivity index (χ1n) is 15.5. The summed E-state index contributed by atoms with van der Waals surface area (Å²) in [6, 6.07) is 46.0. The minimum atomic E-state index is 0.611. The van der Waals surface area contributed by atoms with Gasteiger partial charge >= 0.3 is 0 Å². The van der Waals surface area contributed by atoms with Crippen molar-refractivity contribution in [3.8, 4) is 56.4 Å². The quantitative estimate of drug-likeness (QED) is 0.199. The van der Waals surface area contributed by atoms with Gasteiger partial charge in [0.1, 0.15) is 11.2 Å². The van der Waals surface area contributed by atoms with Gasteiger partial charge in [0.25, 0.3) is 0 Å². The van der Waals surface area contributed by atoms with Crippen LogP contribution < -0.4 is 0 Å². The van der Waals surface area contributed by atoms with Crippen molar-refractivity contribution in [1.29, 1.82) is 0 Å². The van der Waals surface area contributed by atoms with Gasteiger partial charge in [-0.05, 0) is 84.0 Å². The first-order chi connectivity index (χ1) is 22.5. The number of fused-ring (bicyclic) bond motifs is 3. The van der Waals surface area contributed by atoms with E-state index in [2.05, 4.69) is 81.4 Å². The van der Waals surface area contributed by atoms with Gasteiger partial charge < -0.3 is 4.42 Å². The summed E-state index contributed by atoms with van der Waals surface area (Å²) in [7, 11) is 0. The predicted molar refractivity (Wildman–Crippen MR) is 188 cm³/mol. The van der Waals surface area contributed by atoms with Crippen molar-refractivity contribution in [3.05, 3.63) is 150 Å². The zero-order valence-corrected chi connectivity index (χ0v) is 26.0. The van der Waals surface area contributed by atoms with Crippen LogP contribution in [0.15, 0.2) is 138 Å². The molecule has 8 rings (SSSR count). The van der Waals surface area contributed by atoms with E-state index in [-0.39, 0.29) is 0 Å². The molecule has 0 aliphatic carbocycles. The summed E-state index contributed by atoms with van der Waals surface area (Å²) in [6.07, 6.45) is 0. The third-order valence-corrected chi connectivity index (χ3v) is 8.77. The lowest BCUT2D eigenvalue weighted by atomic mass is 9.91. The van der Waals surface area contributed by atoms with Crippen molar-refractivity contribution >= 4 is 21.9 Å². The molecule has 0 aliphatic heterocycles. The van der Waals surface area contributed by atoms with Crippen molar-refractivity contribution in [1.82, 2.24) is 15.0 Å². The predicted octanol–water partition coefficient (Wildman–Crippen LogP) is 11.0. The standard InChI is InChI=1S/C42H31N3O/c1-26-13-10-11-18-32(26)35-24-31(22-21-27(35)2)34-25-36-38(23-28(34)3)46-37-20-12-19-33(39(36)37)42-44-40(29-14-6-4-7-15-29)43-41(45-42)30-16-8-5-9-17-30/h4-25H,1-3H3. The fraction of sp³-hybridized carbons (Fsp3) is 0.0714. The number of furan rings is 1. The average molecular weight is 594 g/mol. The van der Waals surface area contributed by atoms with E-state index in [9.17, 15) is 0 Å². The SMILES string of the molecule is Cc1cc2oc3cccc(-c4nc(-c5ccccc5)nc(-c5ccccc5)n4)c3c2cc1-c1ccc(C)c(-c2ccccc2C)c1. The van der Waals surface area contributed by atoms with Crippen molar-refractivity contribution in [2.24, 2.45) is 0 Å². The fourth-order valence-electron chi connectivity index (χ4n) is 6.35. The van der Waals surface area contributed by atoms with E-state index >= 15 is 0 Å². The summed E-state index contributed by atoms with van der Waals surface area (Å²) in [6.45, 7) is 6.51. The fourth-order valence-corrected chi connectivity index (χ4v) is 6.35. The smallest absolute Gasteiger partial charge is 0.164 e. The average Bonchev–Trinajstić information content (AvgIpc) is 3.46. The molecular weight excluding hydrogens is 562 g/mol. The van der Waals surface area contributed by atoms with Gasteiger partial charge in [-0.15, -0.1) is 0 Å². The van der Waals surface area contributed by atoms with E-state index < -0.39 is 0 Å². The van der Waals surface area contributed by atoms with Crippen LogP contribution in [0.5, 0.6) is 0 Å². The van der Waals surface area contributed by atoms with Crippen LogP contribution in [0.1, 0.15) is 16.7 Å². The first-order valence-corrected chi connectivity index (χ1v) is 15.5. The third kappa shape index (κ3) is 4.85. The van der Waals surface area contributed by atoms with Crippen LogP contribution in [0.25, 0.3) is 78.4 Å². The van der Waals surface area contributed by atoms with Crippen molar-refractivity contribution in [2.45, 2.75) is 20.8 Å². The van der Waals surface area contributed by atoms with Gasteiger partial charge in [0.05, 0.1) is 0 Å². The molecule has 0 bridgehead atoms. The Morgan fingerprint density at radius 3 is 1.70 bits per heavy atom. The summed E-state index contributed by atoms with van der Waals surface area (Å²) in [5.41, 5.74) is 13.0. The molecule has 0 aliphatic rings. The second-order valence-electron chi connectivity index (χ2n) is 11.8. The minimum Gasteiger partial charge on any atom is -0.456 e. The Hall–Kier alpha value is -5.87. The van der Waals surface area contributed by atoms with Gasteiger partial charge in [-0.3, -0.25) is 0 Å². The Balaban J connectivity index is 1.34. The maximum absolute atomic E-state index is 6.47. The topological polar surface area (TPSA) is 51.8 Å². The molecule has 0 radical (unpaired) electrons. The molecule has 6 aromatic carbocycles. The summed E-state index contributed by atoms with van der Waals surface area (Å²) < 4.78 is 6.47. The van der Waals surface area contributed by atoms with E-state index in [0.717, 1.165) is 44.2 Å². The Kier molecular flexibility index (Phi) is 6.76. The molecule has 0 saturated heterocycles. The van der Waals surface area contributed by atoms with E-state index in [1.165, 1.54) is 33.4 Å². The highest BCUT2D eigenvalue weighted by Crippen LogP contribution is 2.40. The maximum Gasteiger partial charge on any atom is 0.164 e. The largest absolute Gasteiger partial charge is 0.456 e. The third-order valence-electron chi connectivity index (χ3n) is 8.77. The number of hydrogen-bond donors (Lipinski definition) is 0. The van der Waals surface area contributed by atoms with Crippen molar-refractivity contribution in [2.75, 3.05) is 0 Å². The van der Waals surface area contributed by atoms with Crippen LogP contribution in [0.2, 0.25) is 0 Å². The molecule has 0 unspecified atom stereocenters. The second kappa shape index (κ2) is 11.2. The molecule has 0 N–H and O–H groups in total. The van der Waals surface area contributed by atoms with Crippen LogP contribution in [-0.4, -0.2) is 15.0 Å². The molecule has 0 amide bonds. The number of aryl methyl sites for hydroxylation is 3. The number of benzene rings is 6. The van der Waals surface area contributed by atoms with E-state index in [4.69, 9.17) is 19.4 Å². The molecule has 2 heterocycles. The zero-order chi connectivity index (χ0) is 31.2. The van der Waals surface area contributed by atoms with E-state index in [0.29, 0.717) is 17.5 Å². The molecule has 2 aromatic heterocycles. The molecule has 4 heteroatoms. The summed E-state index contributed by atoms with van der Waals surface area (Å²) in [5, 5.41) is 2.03. The summed E-state index contributed by atoms with van der Waals surface area (Å²) >= 11 is 0. The Labute approximate surface area is 268 Å². The Bertz CT molecular complexity index is 2330. The normalized spacial score (nSPS) is 11.4. The highest BCUT2D eigenvalue weighted by Gasteiger charge is 2.19. The molecule has 0 fully saturated rings. The van der Waals surface area contributed by atoms with Crippen LogP contribution in [-0.2, 0) is 0 Å². The summed E-state index contributed by atoms with van der Waals surface area (Å²) in [5.74, 6) is 1.88. The highest BCUT2D eigenvalue weighted by atomic mass is 16.3. The van der Waals surface area contributed by atoms with Crippen LogP contribution in [0.4, 0.5) is 0 Å². The van der Waals surface area contributed by atoms with Gasteiger partial charge in [0.2, 0.25) is 0 Å². The Morgan fingerprint density at radius 2 is 1.00 bits per heavy atom. The maximum atomic E-state index is 6.47. The van der Waals surface area contributed by atoms with Gasteiger partial charge in [-0.2, -0.15) is 0 Å². The first kappa shape index (κ1) is 27.7. The molecule has 46 heavy (non-hydrogen) atoms. The molecule has 8 aromatic rings. The number of rotatable bonds is 5. The summed E-state index contributed by atoms with van der Waals surface area (Å²) in [4.78, 5) is 15.0. The number of nitrogens with zero attached hydrogens (tertiary/aromatic N) is 3. The molecule has 0 spiro atoms. The van der Waals surface area contributed by atoms with Crippen molar-refractivity contribution < 1.29 is 4.42 Å². The van der Waals surface area contributed by atoms with Gasteiger partial charge in [0.15, 0.2) is 17.5 Å². The van der Waals surface area contributed by atoms with Crippen LogP contribution >= 0.6 is 0 Å². The van der Waals surface area contributed by atoms with E-state index in [1.54, 1.807) is 0 Å². The monoisotopic (exact) mass is 593 g/mol.